The molecule has 0 aliphatic rings. The molecule has 4 nitrogen and oxygen atoms in total. The van der Waals surface area contributed by atoms with Gasteiger partial charge in [-0.3, -0.25) is 0 Å². The number of esters is 2. The van der Waals surface area contributed by atoms with E-state index >= 15 is 0 Å². The van der Waals surface area contributed by atoms with Crippen molar-refractivity contribution < 1.29 is 71.7 Å². The first-order chi connectivity index (χ1) is 13.7. The highest BCUT2D eigenvalue weighted by atomic mass is 19.4. The lowest BCUT2D eigenvalue weighted by atomic mass is 10.1. The van der Waals surface area contributed by atoms with E-state index in [1.54, 1.807) is 0 Å². The van der Waals surface area contributed by atoms with Gasteiger partial charge in [-0.1, -0.05) is 13.2 Å². The van der Waals surface area contributed by atoms with E-state index in [-0.39, 0.29) is 5.57 Å². The van der Waals surface area contributed by atoms with Crippen LogP contribution < -0.4 is 0 Å². The van der Waals surface area contributed by atoms with E-state index in [0.29, 0.717) is 6.08 Å². The number of halogens is 12. The van der Waals surface area contributed by atoms with Gasteiger partial charge in [0, 0.05) is 11.6 Å². The molecule has 16 heteroatoms. The fourth-order valence-electron chi connectivity index (χ4n) is 1.04. The van der Waals surface area contributed by atoms with Gasteiger partial charge >= 0.3 is 48.5 Å². The van der Waals surface area contributed by atoms with Gasteiger partial charge in [0.1, 0.15) is 0 Å². The largest absolute Gasteiger partial charge is 0.456 e. The molecule has 0 radical (unpaired) electrons. The van der Waals surface area contributed by atoms with Crippen LogP contribution in [0.2, 0.25) is 0 Å². The topological polar surface area (TPSA) is 52.6 Å². The second-order valence-corrected chi connectivity index (χ2v) is 5.43. The molecule has 0 amide bonds. The molecule has 0 N–H and O–H groups in total. The van der Waals surface area contributed by atoms with Gasteiger partial charge < -0.3 is 9.47 Å². The Kier molecular flexibility index (Phi) is 11.2. The lowest BCUT2D eigenvalue weighted by Gasteiger charge is -2.31. The van der Waals surface area contributed by atoms with Crippen LogP contribution in [-0.4, -0.2) is 61.7 Å². The molecule has 182 valence electrons. The Balaban J connectivity index is 0. The summed E-state index contributed by atoms with van der Waals surface area (Å²) in [5.74, 6) is -25.3. The van der Waals surface area contributed by atoms with Crippen molar-refractivity contribution in [3.63, 3.8) is 0 Å². The van der Waals surface area contributed by atoms with Crippen LogP contribution in [0.4, 0.5) is 52.7 Å². The van der Waals surface area contributed by atoms with E-state index in [0.717, 1.165) is 0 Å². The van der Waals surface area contributed by atoms with E-state index < -0.39 is 61.7 Å². The Bertz CT molecular complexity index is 646. The Morgan fingerprint density at radius 3 is 1.65 bits per heavy atom. The van der Waals surface area contributed by atoms with Gasteiger partial charge in [-0.05, 0) is 6.92 Å². The summed E-state index contributed by atoms with van der Waals surface area (Å²) in [5.41, 5.74) is -0.120. The quantitative estimate of drug-likeness (QED) is 0.251. The maximum Gasteiger partial charge on any atom is 0.381 e. The SMILES string of the molecule is C=C(C)C(=O)OCC(F)(F)C(F)F.C=CC(=O)OCC(F)(F)C(F)(F)C(F)(F)C(F)F. The normalized spacial score (nSPS) is 12.7. The van der Waals surface area contributed by atoms with E-state index in [9.17, 15) is 62.3 Å². The third kappa shape index (κ3) is 8.69. The third-order valence-corrected chi connectivity index (χ3v) is 2.78. The van der Waals surface area contributed by atoms with Crippen LogP contribution in [0.3, 0.4) is 0 Å². The summed E-state index contributed by atoms with van der Waals surface area (Å²) < 4.78 is 153. The molecule has 0 heterocycles. The first kappa shape index (κ1) is 30.8. The highest BCUT2D eigenvalue weighted by Crippen LogP contribution is 2.48. The van der Waals surface area contributed by atoms with Gasteiger partial charge in [0.15, 0.2) is 13.2 Å². The number of alkyl halides is 12. The molecule has 0 aromatic rings. The summed E-state index contributed by atoms with van der Waals surface area (Å²) in [4.78, 5) is 20.8. The molecule has 0 aromatic carbocycles. The number of carbonyl (C=O) groups is 2. The van der Waals surface area contributed by atoms with Gasteiger partial charge in [-0.25, -0.2) is 27.2 Å². The standard InChI is InChI=1S/C8H6F8O2.C7H8F4O2/c1-2-4(17)18-3-6(11,12)8(15,16)7(13,14)5(9)10;1-4(2)5(12)13-3-7(10,11)6(8)9/h2,5H,1,3H2;6H,1,3H2,2H3. The van der Waals surface area contributed by atoms with Crippen LogP contribution in [0.15, 0.2) is 24.8 Å². The van der Waals surface area contributed by atoms with Crippen LogP contribution in [0.1, 0.15) is 6.92 Å². The first-order valence-electron chi connectivity index (χ1n) is 7.36. The summed E-state index contributed by atoms with van der Waals surface area (Å²) in [6.45, 7) is 2.94. The summed E-state index contributed by atoms with van der Waals surface area (Å²) in [7, 11) is 0. The predicted octanol–water partition coefficient (Wildman–Crippen LogP) is 4.89. The molecule has 0 unspecified atom stereocenters. The van der Waals surface area contributed by atoms with Gasteiger partial charge in [0.2, 0.25) is 0 Å². The number of rotatable bonds is 10. The van der Waals surface area contributed by atoms with Gasteiger partial charge in [0.05, 0.1) is 0 Å². The van der Waals surface area contributed by atoms with Crippen molar-refractivity contribution in [2.24, 2.45) is 0 Å². The lowest BCUT2D eigenvalue weighted by Crippen LogP contribution is -2.59. The molecule has 31 heavy (non-hydrogen) atoms. The highest BCUT2D eigenvalue weighted by molar-refractivity contribution is 5.86. The Hall–Kier alpha value is -2.42. The monoisotopic (exact) mass is 486 g/mol. The average molecular weight is 486 g/mol. The number of hydrogen-bond donors (Lipinski definition) is 0. The van der Waals surface area contributed by atoms with E-state index in [2.05, 4.69) is 22.6 Å². The number of carbonyl (C=O) groups excluding carboxylic acids is 2. The van der Waals surface area contributed by atoms with Crippen molar-refractivity contribution >= 4 is 11.9 Å². The molecule has 0 rings (SSSR count). The maximum atomic E-state index is 12.7. The zero-order chi connectivity index (χ0) is 25.4. The molecule has 0 aliphatic carbocycles. The molecule has 0 aromatic heterocycles. The van der Waals surface area contributed by atoms with Crippen LogP contribution in [-0.2, 0) is 19.1 Å². The van der Waals surface area contributed by atoms with Crippen molar-refractivity contribution in [3.05, 3.63) is 24.8 Å². The fraction of sp³-hybridized carbons (Fsp3) is 0.600. The summed E-state index contributed by atoms with van der Waals surface area (Å²) >= 11 is 0. The molecule has 0 aliphatic heterocycles. The van der Waals surface area contributed by atoms with Crippen LogP contribution >= 0.6 is 0 Å². The molecule has 0 fully saturated rings. The van der Waals surface area contributed by atoms with Crippen molar-refractivity contribution in [2.45, 2.75) is 43.5 Å². The van der Waals surface area contributed by atoms with Crippen LogP contribution in [0.25, 0.3) is 0 Å². The molecule has 0 atom stereocenters. The molecule has 0 spiro atoms. The van der Waals surface area contributed by atoms with Crippen LogP contribution in [0.5, 0.6) is 0 Å². The van der Waals surface area contributed by atoms with Crippen molar-refractivity contribution in [3.8, 4) is 0 Å². The van der Waals surface area contributed by atoms with Gasteiger partial charge in [0.25, 0.3) is 0 Å². The number of ether oxygens (including phenoxy) is 2. The van der Waals surface area contributed by atoms with Crippen molar-refractivity contribution in [1.29, 1.82) is 0 Å². The van der Waals surface area contributed by atoms with Gasteiger partial charge in [-0.15, -0.1) is 0 Å². The smallest absolute Gasteiger partial charge is 0.381 e. The highest BCUT2D eigenvalue weighted by Gasteiger charge is 2.75. The van der Waals surface area contributed by atoms with E-state index in [4.69, 9.17) is 0 Å². The minimum absolute atomic E-state index is 0.120. The number of hydrogen-bond acceptors (Lipinski definition) is 4. The molecule has 0 saturated heterocycles. The molecule has 0 bridgehead atoms. The predicted molar refractivity (Wildman–Crippen MR) is 78.7 cm³/mol. The molecular formula is C15H14F12O4. The Morgan fingerprint density at radius 1 is 0.871 bits per heavy atom. The maximum absolute atomic E-state index is 12.7. The van der Waals surface area contributed by atoms with Crippen molar-refractivity contribution in [2.75, 3.05) is 13.2 Å². The van der Waals surface area contributed by atoms with E-state index in [1.807, 2.05) is 0 Å². The minimum Gasteiger partial charge on any atom is -0.456 e. The van der Waals surface area contributed by atoms with Gasteiger partial charge in [-0.2, -0.15) is 35.1 Å². The summed E-state index contributed by atoms with van der Waals surface area (Å²) in [6.07, 6.45) is -8.54. The van der Waals surface area contributed by atoms with Crippen molar-refractivity contribution in [1.82, 2.24) is 0 Å². The molecule has 0 saturated carbocycles. The Labute approximate surface area is 166 Å². The second-order valence-electron chi connectivity index (χ2n) is 5.43. The summed E-state index contributed by atoms with van der Waals surface area (Å²) in [5, 5.41) is 0. The second kappa shape index (κ2) is 11.3. The minimum atomic E-state index is -6.38. The fourth-order valence-corrected chi connectivity index (χ4v) is 1.04. The average Bonchev–Trinajstić information content (AvgIpc) is 2.63. The zero-order valence-corrected chi connectivity index (χ0v) is 15.2. The Morgan fingerprint density at radius 2 is 1.32 bits per heavy atom. The van der Waals surface area contributed by atoms with E-state index in [1.165, 1.54) is 6.92 Å². The van der Waals surface area contributed by atoms with Crippen LogP contribution in [0, 0.1) is 0 Å². The zero-order valence-electron chi connectivity index (χ0n) is 15.2. The molecular weight excluding hydrogens is 472 g/mol. The third-order valence-electron chi connectivity index (χ3n) is 2.78. The lowest BCUT2D eigenvalue weighted by molar-refractivity contribution is -0.344. The first-order valence-corrected chi connectivity index (χ1v) is 7.36. The summed E-state index contributed by atoms with van der Waals surface area (Å²) in [6, 6.07) is 0.